The van der Waals surface area contributed by atoms with Crippen LogP contribution in [0.5, 0.6) is 5.75 Å². The molecule has 0 aliphatic carbocycles. The molecule has 2 N–H and O–H groups in total. The molecule has 0 fully saturated rings. The predicted octanol–water partition coefficient (Wildman–Crippen LogP) is 4.68. The Labute approximate surface area is 225 Å². The molecule has 0 spiro atoms. The molecule has 1 aliphatic heterocycles. The maximum absolute atomic E-state index is 11.7. The Balaban J connectivity index is 1.73. The highest BCUT2D eigenvalue weighted by Crippen LogP contribution is 2.42. The topological polar surface area (TPSA) is 124 Å². The first-order chi connectivity index (χ1) is 17.9. The lowest BCUT2D eigenvalue weighted by molar-refractivity contribution is -0.658. The summed E-state index contributed by atoms with van der Waals surface area (Å²) in [6.07, 6.45) is 4.10. The Morgan fingerprint density at radius 2 is 1.97 bits per heavy atom. The van der Waals surface area contributed by atoms with Crippen LogP contribution in [-0.4, -0.2) is 43.7 Å². The molecule has 2 heterocycles. The van der Waals surface area contributed by atoms with E-state index in [0.717, 1.165) is 16.9 Å². The van der Waals surface area contributed by atoms with Crippen LogP contribution in [0.25, 0.3) is 17.2 Å². The van der Waals surface area contributed by atoms with Gasteiger partial charge in [-0.25, -0.2) is 4.79 Å². The average Bonchev–Trinajstić information content (AvgIpc) is 3.37. The van der Waals surface area contributed by atoms with Crippen molar-refractivity contribution >= 4 is 56.2 Å². The Kier molecular flexibility index (Phi) is 7.73. The molecule has 4 rings (SSSR count). The molecule has 0 radical (unpaired) electrons. The monoisotopic (exact) mass is 562 g/mol. The number of carbonyl (C=O) groups is 1. The van der Waals surface area contributed by atoms with Crippen LogP contribution < -0.4 is 19.1 Å². The van der Waals surface area contributed by atoms with E-state index < -0.39 is 28.0 Å². The van der Waals surface area contributed by atoms with E-state index >= 15 is 0 Å². The third-order valence-corrected chi connectivity index (χ3v) is 7.21. The number of carboxylic acid groups (broad SMARTS) is 1. The summed E-state index contributed by atoms with van der Waals surface area (Å²) in [5, 5.41) is 9.78. The highest BCUT2D eigenvalue weighted by Gasteiger charge is 2.29. The molecule has 3 aromatic rings. The van der Waals surface area contributed by atoms with Crippen LogP contribution in [0.3, 0.4) is 0 Å². The number of hydrogen-bond donors (Lipinski definition) is 2. The summed E-state index contributed by atoms with van der Waals surface area (Å²) >= 11 is 6.11. The Morgan fingerprint density at radius 1 is 1.24 bits per heavy atom. The molecule has 12 heteroatoms. The fourth-order valence-corrected chi connectivity index (χ4v) is 4.93. The zero-order chi connectivity index (χ0) is 27.8. The van der Waals surface area contributed by atoms with Crippen molar-refractivity contribution in [1.29, 1.82) is 0 Å². The summed E-state index contributed by atoms with van der Waals surface area (Å²) < 4.78 is 46.4. The van der Waals surface area contributed by atoms with Gasteiger partial charge in [0.15, 0.2) is 5.75 Å². The lowest BCUT2D eigenvalue weighted by Crippen LogP contribution is -2.39. The normalized spacial score (nSPS) is 15.6. The zero-order valence-electron chi connectivity index (χ0n) is 21.4. The molecular formula is C26H29ClN3O7S+. The van der Waals surface area contributed by atoms with Gasteiger partial charge in [0.1, 0.15) is 6.04 Å². The van der Waals surface area contributed by atoms with Gasteiger partial charge in [-0.1, -0.05) is 18.5 Å². The van der Waals surface area contributed by atoms with Gasteiger partial charge in [0.25, 0.3) is 11.4 Å². The molecule has 0 bridgehead atoms. The number of oxazole rings is 1. The van der Waals surface area contributed by atoms with Gasteiger partial charge in [0.05, 0.1) is 11.8 Å². The number of anilines is 2. The van der Waals surface area contributed by atoms with Crippen molar-refractivity contribution in [1.82, 2.24) is 0 Å². The summed E-state index contributed by atoms with van der Waals surface area (Å²) in [5.74, 6) is -0.211. The minimum absolute atomic E-state index is 0.221. The van der Waals surface area contributed by atoms with Gasteiger partial charge in [-0.3, -0.25) is 4.55 Å². The van der Waals surface area contributed by atoms with E-state index in [1.807, 2.05) is 37.0 Å². The predicted molar refractivity (Wildman–Crippen MR) is 145 cm³/mol. The summed E-state index contributed by atoms with van der Waals surface area (Å²) in [4.78, 5) is 15.1. The van der Waals surface area contributed by atoms with Crippen molar-refractivity contribution in [3.05, 3.63) is 64.8 Å². The van der Waals surface area contributed by atoms with E-state index in [4.69, 9.17) is 20.8 Å². The number of hydrogen-bond acceptors (Lipinski definition) is 7. The number of aliphatic carboxylic acids is 1. The molecule has 2 aromatic carbocycles. The molecule has 10 nitrogen and oxygen atoms in total. The fourth-order valence-electron chi connectivity index (χ4n) is 4.17. The van der Waals surface area contributed by atoms with Crippen molar-refractivity contribution in [3.8, 4) is 5.75 Å². The number of aromatic nitrogens is 1. The van der Waals surface area contributed by atoms with Crippen LogP contribution in [0, 0.1) is 0 Å². The molecule has 1 aliphatic rings. The molecule has 202 valence electrons. The van der Waals surface area contributed by atoms with E-state index in [1.54, 1.807) is 49.2 Å². The van der Waals surface area contributed by atoms with E-state index in [0.29, 0.717) is 40.7 Å². The van der Waals surface area contributed by atoms with Crippen LogP contribution in [0.4, 0.5) is 11.4 Å². The lowest BCUT2D eigenvalue weighted by Gasteiger charge is -2.24. The highest BCUT2D eigenvalue weighted by atomic mass is 35.5. The van der Waals surface area contributed by atoms with Crippen molar-refractivity contribution in [3.63, 3.8) is 0 Å². The number of allylic oxidation sites excluding steroid dienone is 2. The van der Waals surface area contributed by atoms with Crippen molar-refractivity contribution < 1.29 is 36.6 Å². The van der Waals surface area contributed by atoms with E-state index in [-0.39, 0.29) is 5.89 Å². The Hall–Kier alpha value is -3.54. The average molecular weight is 563 g/mol. The van der Waals surface area contributed by atoms with Crippen LogP contribution in [-0.2, 0) is 20.8 Å². The zero-order valence-corrected chi connectivity index (χ0v) is 23.0. The molecule has 1 unspecified atom stereocenters. The van der Waals surface area contributed by atoms with Crippen molar-refractivity contribution in [2.45, 2.75) is 39.1 Å². The molecule has 1 aromatic heterocycles. The smallest absolute Gasteiger partial charge is 0.375 e. The van der Waals surface area contributed by atoms with Crippen molar-refractivity contribution in [2.24, 2.45) is 0 Å². The van der Waals surface area contributed by atoms with Gasteiger partial charge in [-0.15, -0.1) is 4.57 Å². The summed E-state index contributed by atoms with van der Waals surface area (Å²) in [7, 11) is -2.64. The summed E-state index contributed by atoms with van der Waals surface area (Å²) in [6, 6.07) is 9.63. The lowest BCUT2D eigenvalue weighted by atomic mass is 10.1. The second-order valence-electron chi connectivity index (χ2n) is 8.87. The van der Waals surface area contributed by atoms with Gasteiger partial charge in [0.2, 0.25) is 11.5 Å². The number of rotatable bonds is 9. The number of halogens is 1. The molecule has 0 amide bonds. The van der Waals surface area contributed by atoms with E-state index in [1.165, 1.54) is 4.57 Å². The van der Waals surface area contributed by atoms with Crippen LogP contribution in [0.15, 0.2) is 58.3 Å². The summed E-state index contributed by atoms with van der Waals surface area (Å²) in [5.41, 5.74) is 3.16. The summed E-state index contributed by atoms with van der Waals surface area (Å²) in [6.45, 7) is 6.12. The SMILES string of the molecule is CCC(=Cc1oc2ccc(Cl)cc2[n+]1CS(=O)(=O)O)C=C1Oc2ccc(N(C)C(C)C(=O)O)cc2N1CC. The van der Waals surface area contributed by atoms with Gasteiger partial charge < -0.3 is 24.1 Å². The second kappa shape index (κ2) is 10.7. The quantitative estimate of drug-likeness (QED) is 0.282. The minimum Gasteiger partial charge on any atom is -0.480 e. The van der Waals surface area contributed by atoms with Gasteiger partial charge >= 0.3 is 22.0 Å². The van der Waals surface area contributed by atoms with E-state index in [2.05, 4.69) is 0 Å². The first-order valence-electron chi connectivity index (χ1n) is 12.0. The molecular weight excluding hydrogens is 534 g/mol. The number of ether oxygens (including phenoxy) is 1. The number of likely N-dealkylation sites (N-methyl/N-ethyl adjacent to an activating group) is 1. The maximum atomic E-state index is 11.7. The molecule has 1 atom stereocenters. The highest BCUT2D eigenvalue weighted by molar-refractivity contribution is 7.84. The van der Waals surface area contributed by atoms with Crippen LogP contribution >= 0.6 is 11.6 Å². The van der Waals surface area contributed by atoms with Crippen LogP contribution in [0.2, 0.25) is 5.02 Å². The van der Waals surface area contributed by atoms with Crippen molar-refractivity contribution in [2.75, 3.05) is 23.4 Å². The van der Waals surface area contributed by atoms with Gasteiger partial charge in [-0.2, -0.15) is 8.42 Å². The third-order valence-electron chi connectivity index (χ3n) is 6.39. The van der Waals surface area contributed by atoms with Gasteiger partial charge in [-0.05, 0) is 56.2 Å². The molecule has 0 saturated heterocycles. The first-order valence-corrected chi connectivity index (χ1v) is 13.9. The van der Waals surface area contributed by atoms with Crippen LogP contribution in [0.1, 0.15) is 33.1 Å². The number of nitrogens with zero attached hydrogens (tertiary/aromatic N) is 3. The number of fused-ring (bicyclic) bond motifs is 2. The Bertz CT molecular complexity index is 1560. The van der Waals surface area contributed by atoms with E-state index in [9.17, 15) is 22.9 Å². The molecule has 38 heavy (non-hydrogen) atoms. The number of benzene rings is 2. The van der Waals surface area contributed by atoms with Gasteiger partial charge in [0, 0.05) is 36.4 Å². The standard InChI is InChI=1S/C26H28ClN3O7S/c1-5-17(12-25-30(15-38(33,34)35)20-13-18(27)7-9-22(20)37-25)11-24-29(6-2)21-14-19(8-10-23(21)36-24)28(4)16(3)26(31)32/h7-14,16H,5-6,15H2,1-4H3,(H-,31,32,33,34,35)/p+1. The first kappa shape index (κ1) is 27.5. The molecule has 0 saturated carbocycles. The maximum Gasteiger partial charge on any atom is 0.375 e. The second-order valence-corrected chi connectivity index (χ2v) is 10.7. The minimum atomic E-state index is -4.37. The fraction of sp³-hybridized carbons (Fsp3) is 0.308. The third kappa shape index (κ3) is 5.64. The number of carboxylic acids is 1. The largest absolute Gasteiger partial charge is 0.480 e. The Morgan fingerprint density at radius 3 is 2.61 bits per heavy atom.